The van der Waals surface area contributed by atoms with Crippen molar-refractivity contribution >= 4 is 17.0 Å². The maximum absolute atomic E-state index is 2.35. The molecule has 52 valence electrons. The molecule has 0 radical (unpaired) electrons. The number of rotatable bonds is 0. The molecule has 0 aromatic rings. The summed E-state index contributed by atoms with van der Waals surface area (Å²) in [5, 5.41) is 0. The Bertz CT molecular complexity index is 50.4. The van der Waals surface area contributed by atoms with E-state index in [1.165, 1.54) is 13.0 Å². The van der Waals surface area contributed by atoms with E-state index in [9.17, 15) is 0 Å². The molecule has 0 aromatic heterocycles. The lowest BCUT2D eigenvalue weighted by atomic mass is 10.1. The normalized spacial score (nSPS) is 27.0. The standard InChI is InChI=1S/C5H11N.BrH.H3N/c1-5-3-4-6(5)2;;/h5H,3-4H2,1-2H3;1H;1H3. The second-order valence-electron chi connectivity index (χ2n) is 2.12. The highest BCUT2D eigenvalue weighted by Gasteiger charge is 2.17. The highest BCUT2D eigenvalue weighted by molar-refractivity contribution is 8.93. The second kappa shape index (κ2) is 4.30. The zero-order valence-electron chi connectivity index (χ0n) is 5.55. The van der Waals surface area contributed by atoms with Crippen molar-refractivity contribution < 1.29 is 0 Å². The van der Waals surface area contributed by atoms with Crippen LogP contribution in [0.25, 0.3) is 0 Å². The Morgan fingerprint density at radius 1 is 1.50 bits per heavy atom. The largest absolute Gasteiger partial charge is 0.344 e. The summed E-state index contributed by atoms with van der Waals surface area (Å²) >= 11 is 0. The molecule has 1 fully saturated rings. The molecule has 1 rings (SSSR count). The molecule has 0 aromatic carbocycles. The van der Waals surface area contributed by atoms with Gasteiger partial charge in [0, 0.05) is 6.04 Å². The van der Waals surface area contributed by atoms with Crippen LogP contribution in [0, 0.1) is 0 Å². The Morgan fingerprint density at radius 3 is 1.88 bits per heavy atom. The van der Waals surface area contributed by atoms with Gasteiger partial charge in [-0.1, -0.05) is 0 Å². The molecule has 0 amide bonds. The van der Waals surface area contributed by atoms with E-state index < -0.39 is 0 Å². The van der Waals surface area contributed by atoms with Gasteiger partial charge in [0.2, 0.25) is 0 Å². The molecule has 8 heavy (non-hydrogen) atoms. The third-order valence-electron chi connectivity index (χ3n) is 1.65. The molecule has 0 saturated carbocycles. The molecule has 1 heterocycles. The third kappa shape index (κ3) is 2.11. The smallest absolute Gasteiger partial charge is 0.00760 e. The lowest BCUT2D eigenvalue weighted by Gasteiger charge is -2.34. The van der Waals surface area contributed by atoms with Crippen molar-refractivity contribution in [3.63, 3.8) is 0 Å². The number of hydrogen-bond acceptors (Lipinski definition) is 2. The second-order valence-corrected chi connectivity index (χ2v) is 2.12. The maximum atomic E-state index is 2.35. The van der Waals surface area contributed by atoms with Crippen molar-refractivity contribution in [2.24, 2.45) is 0 Å². The predicted molar refractivity (Wildman–Crippen MR) is 42.1 cm³/mol. The molecular formula is C5H15BrN2. The topological polar surface area (TPSA) is 38.2 Å². The first-order chi connectivity index (χ1) is 2.80. The predicted octanol–water partition coefficient (Wildman–Crippen LogP) is 1.45. The van der Waals surface area contributed by atoms with Gasteiger partial charge in [0.25, 0.3) is 0 Å². The first kappa shape index (κ1) is 11.2. The molecule has 0 spiro atoms. The van der Waals surface area contributed by atoms with Crippen molar-refractivity contribution in [3.05, 3.63) is 0 Å². The third-order valence-corrected chi connectivity index (χ3v) is 1.65. The quantitative estimate of drug-likeness (QED) is 0.617. The highest BCUT2D eigenvalue weighted by Crippen LogP contribution is 2.11. The fourth-order valence-corrected chi connectivity index (χ4v) is 0.645. The summed E-state index contributed by atoms with van der Waals surface area (Å²) in [6.45, 7) is 3.56. The Kier molecular flexibility index (Phi) is 6.03. The van der Waals surface area contributed by atoms with Gasteiger partial charge < -0.3 is 11.1 Å². The molecule has 3 heteroatoms. The first-order valence-corrected chi connectivity index (χ1v) is 2.51. The summed E-state index contributed by atoms with van der Waals surface area (Å²) in [6, 6.07) is 0.866. The Labute approximate surface area is 61.6 Å². The van der Waals surface area contributed by atoms with Crippen LogP contribution < -0.4 is 6.15 Å². The fourth-order valence-electron chi connectivity index (χ4n) is 0.645. The molecular weight excluding hydrogens is 168 g/mol. The summed E-state index contributed by atoms with van der Waals surface area (Å²) in [6.07, 6.45) is 1.40. The fraction of sp³-hybridized carbons (Fsp3) is 1.00. The van der Waals surface area contributed by atoms with E-state index in [0.29, 0.717) is 0 Å². The van der Waals surface area contributed by atoms with E-state index >= 15 is 0 Å². The van der Waals surface area contributed by atoms with Crippen LogP contribution in [0.5, 0.6) is 0 Å². The van der Waals surface area contributed by atoms with Crippen LogP contribution in [0.4, 0.5) is 0 Å². The van der Waals surface area contributed by atoms with E-state index in [1.807, 2.05) is 0 Å². The van der Waals surface area contributed by atoms with Crippen LogP contribution in [0.1, 0.15) is 13.3 Å². The van der Waals surface area contributed by atoms with Crippen molar-refractivity contribution in [1.82, 2.24) is 11.1 Å². The Morgan fingerprint density at radius 2 is 1.88 bits per heavy atom. The lowest BCUT2D eigenvalue weighted by molar-refractivity contribution is 0.143. The van der Waals surface area contributed by atoms with Gasteiger partial charge in [-0.15, -0.1) is 17.0 Å². The van der Waals surface area contributed by atoms with Crippen molar-refractivity contribution in [1.29, 1.82) is 0 Å². The molecule has 1 atom stereocenters. The van der Waals surface area contributed by atoms with Gasteiger partial charge in [-0.05, 0) is 26.9 Å². The first-order valence-electron chi connectivity index (χ1n) is 2.51. The van der Waals surface area contributed by atoms with Crippen molar-refractivity contribution in [2.75, 3.05) is 13.6 Å². The van der Waals surface area contributed by atoms with Gasteiger partial charge in [0.05, 0.1) is 0 Å². The van der Waals surface area contributed by atoms with Gasteiger partial charge in [0.1, 0.15) is 0 Å². The van der Waals surface area contributed by atoms with Crippen LogP contribution in [0.3, 0.4) is 0 Å². The number of hydrogen-bond donors (Lipinski definition) is 1. The zero-order chi connectivity index (χ0) is 4.57. The Balaban J connectivity index is 0. The van der Waals surface area contributed by atoms with Crippen LogP contribution in [0.15, 0.2) is 0 Å². The molecule has 1 aliphatic heterocycles. The Hall–Kier alpha value is 0.400. The summed E-state index contributed by atoms with van der Waals surface area (Å²) < 4.78 is 0. The van der Waals surface area contributed by atoms with Crippen LogP contribution >= 0.6 is 17.0 Å². The minimum atomic E-state index is 0. The minimum absolute atomic E-state index is 0. The van der Waals surface area contributed by atoms with Gasteiger partial charge >= 0.3 is 0 Å². The van der Waals surface area contributed by atoms with E-state index in [0.717, 1.165) is 6.04 Å². The van der Waals surface area contributed by atoms with Gasteiger partial charge in [-0.25, -0.2) is 0 Å². The highest BCUT2D eigenvalue weighted by atomic mass is 79.9. The van der Waals surface area contributed by atoms with E-state index in [2.05, 4.69) is 18.9 Å². The minimum Gasteiger partial charge on any atom is -0.344 e. The molecule has 2 nitrogen and oxygen atoms in total. The zero-order valence-corrected chi connectivity index (χ0v) is 7.27. The van der Waals surface area contributed by atoms with Crippen LogP contribution in [-0.4, -0.2) is 24.5 Å². The molecule has 1 aliphatic rings. The summed E-state index contributed by atoms with van der Waals surface area (Å²) in [4.78, 5) is 2.35. The average molecular weight is 183 g/mol. The average Bonchev–Trinajstić information content (AvgIpc) is 1.61. The number of nitrogens with zero attached hydrogens (tertiary/aromatic N) is 1. The number of likely N-dealkylation sites (tertiary alicyclic amines) is 1. The lowest BCUT2D eigenvalue weighted by Crippen LogP contribution is -2.41. The van der Waals surface area contributed by atoms with Crippen molar-refractivity contribution in [2.45, 2.75) is 19.4 Å². The van der Waals surface area contributed by atoms with Crippen LogP contribution in [-0.2, 0) is 0 Å². The number of halogens is 1. The molecule has 0 aliphatic carbocycles. The monoisotopic (exact) mass is 182 g/mol. The summed E-state index contributed by atoms with van der Waals surface area (Å²) in [5.74, 6) is 0. The van der Waals surface area contributed by atoms with Crippen molar-refractivity contribution in [3.8, 4) is 0 Å². The molecule has 3 N–H and O–H groups in total. The maximum Gasteiger partial charge on any atom is 0.00760 e. The summed E-state index contributed by atoms with van der Waals surface area (Å²) in [5.41, 5.74) is 0. The van der Waals surface area contributed by atoms with Crippen LogP contribution in [0.2, 0.25) is 0 Å². The van der Waals surface area contributed by atoms with Gasteiger partial charge in [-0.3, -0.25) is 0 Å². The van der Waals surface area contributed by atoms with E-state index in [4.69, 9.17) is 0 Å². The molecule has 1 saturated heterocycles. The van der Waals surface area contributed by atoms with E-state index in [-0.39, 0.29) is 23.1 Å². The van der Waals surface area contributed by atoms with Gasteiger partial charge in [-0.2, -0.15) is 0 Å². The molecule has 0 bridgehead atoms. The summed E-state index contributed by atoms with van der Waals surface area (Å²) in [7, 11) is 2.16. The molecule has 1 unspecified atom stereocenters. The van der Waals surface area contributed by atoms with Gasteiger partial charge in [0.15, 0.2) is 0 Å². The van der Waals surface area contributed by atoms with E-state index in [1.54, 1.807) is 0 Å². The SMILES string of the molecule is Br.CC1CCN1C.N.